The lowest BCUT2D eigenvalue weighted by Crippen LogP contribution is -2.12. The molecule has 0 N–H and O–H groups in total. The predicted octanol–water partition coefficient (Wildman–Crippen LogP) is 4.12. The molecule has 12 heteroatoms. The zero-order valence-electron chi connectivity index (χ0n) is 25.5. The normalized spacial score (nSPS) is 11.1. The van der Waals surface area contributed by atoms with Crippen LogP contribution in [0.3, 0.4) is 0 Å². The summed E-state index contributed by atoms with van der Waals surface area (Å²) in [7, 11) is -3.98. The minimum absolute atomic E-state index is 0.0137. The van der Waals surface area contributed by atoms with Crippen molar-refractivity contribution in [3.63, 3.8) is 0 Å². The van der Waals surface area contributed by atoms with E-state index in [0.717, 1.165) is 5.56 Å². The van der Waals surface area contributed by atoms with Crippen molar-refractivity contribution < 1.29 is 51.0 Å². The van der Waals surface area contributed by atoms with E-state index in [1.165, 1.54) is 19.1 Å². The van der Waals surface area contributed by atoms with Crippen molar-refractivity contribution in [3.05, 3.63) is 29.8 Å². The van der Waals surface area contributed by atoms with E-state index in [4.69, 9.17) is 4.18 Å². The molecule has 1 rings (SSSR count). The summed E-state index contributed by atoms with van der Waals surface area (Å²) in [6, 6.07) is 6.08. The maximum absolute atomic E-state index is 12.1. The fraction of sp³-hybridized carbons (Fsp3) is 0.562. The standard InChI is InChI=1S/C32H42O11S/c1-23-3-19-32(20-4-23)44(41,42)43-22-21-31(40)18-17-30(39)16-15-29(38)14-13-28(37)12-11-27(36)10-9-26(35)8-7-25(34)6-5-24(2)33/h3-4,19-20H,5-18,21-22H2,1-2H3. The van der Waals surface area contributed by atoms with Crippen LogP contribution in [-0.4, -0.2) is 61.3 Å². The van der Waals surface area contributed by atoms with E-state index in [-0.39, 0.29) is 154 Å². The number of hydrogen-bond acceptors (Lipinski definition) is 11. The monoisotopic (exact) mass is 634 g/mol. The van der Waals surface area contributed by atoms with Gasteiger partial charge in [-0.25, -0.2) is 0 Å². The topological polar surface area (TPSA) is 180 Å². The van der Waals surface area contributed by atoms with Crippen LogP contribution < -0.4 is 0 Å². The lowest BCUT2D eigenvalue weighted by atomic mass is 10.00. The number of Topliss-reactive ketones (excluding diaryl/α,β-unsaturated/α-hetero) is 8. The molecule has 0 fully saturated rings. The second kappa shape index (κ2) is 20.4. The summed E-state index contributed by atoms with van der Waals surface area (Å²) in [4.78, 5) is 94.6. The largest absolute Gasteiger partial charge is 0.300 e. The first kappa shape index (κ1) is 38.5. The Morgan fingerprint density at radius 3 is 1.05 bits per heavy atom. The number of aryl methyl sites for hydroxylation is 1. The Kier molecular flexibility index (Phi) is 17.9. The van der Waals surface area contributed by atoms with Crippen LogP contribution in [0.1, 0.15) is 109 Å². The molecule has 44 heavy (non-hydrogen) atoms. The quantitative estimate of drug-likeness (QED) is 0.134. The van der Waals surface area contributed by atoms with Gasteiger partial charge in [0.2, 0.25) is 0 Å². The Morgan fingerprint density at radius 1 is 0.477 bits per heavy atom. The molecule has 242 valence electrons. The third-order valence-electron chi connectivity index (χ3n) is 6.78. The lowest BCUT2D eigenvalue weighted by Gasteiger charge is -2.06. The minimum Gasteiger partial charge on any atom is -0.300 e. The summed E-state index contributed by atoms with van der Waals surface area (Å²) >= 11 is 0. The van der Waals surface area contributed by atoms with Gasteiger partial charge in [-0.15, -0.1) is 0 Å². The SMILES string of the molecule is CC(=O)CCC(=O)CCC(=O)CCC(=O)CCC(=O)CCC(=O)CCC(=O)CCC(=O)CCOS(=O)(=O)c1ccc(C)cc1. The van der Waals surface area contributed by atoms with Crippen molar-refractivity contribution in [2.75, 3.05) is 6.61 Å². The molecule has 1 aromatic rings. The molecule has 0 aliphatic heterocycles. The van der Waals surface area contributed by atoms with Crippen molar-refractivity contribution in [2.24, 2.45) is 0 Å². The third-order valence-corrected chi connectivity index (χ3v) is 8.11. The van der Waals surface area contributed by atoms with E-state index >= 15 is 0 Å². The van der Waals surface area contributed by atoms with Crippen molar-refractivity contribution in [1.29, 1.82) is 0 Å². The molecular weight excluding hydrogens is 592 g/mol. The zero-order valence-corrected chi connectivity index (χ0v) is 26.3. The highest BCUT2D eigenvalue weighted by molar-refractivity contribution is 7.86. The van der Waals surface area contributed by atoms with Gasteiger partial charge in [-0.2, -0.15) is 8.42 Å². The highest BCUT2D eigenvalue weighted by Crippen LogP contribution is 2.14. The van der Waals surface area contributed by atoms with Crippen LogP contribution in [0.5, 0.6) is 0 Å². The van der Waals surface area contributed by atoms with Gasteiger partial charge in [0.1, 0.15) is 46.3 Å². The van der Waals surface area contributed by atoms with Crippen LogP contribution in [0.25, 0.3) is 0 Å². The van der Waals surface area contributed by atoms with E-state index in [0.29, 0.717) is 0 Å². The molecule has 0 aliphatic rings. The first-order valence-corrected chi connectivity index (χ1v) is 16.2. The molecule has 0 amide bonds. The second-order valence-corrected chi connectivity index (χ2v) is 12.4. The number of carbonyl (C=O) groups is 8. The Bertz CT molecular complexity index is 1310. The van der Waals surface area contributed by atoms with Gasteiger partial charge in [0.25, 0.3) is 10.1 Å². The van der Waals surface area contributed by atoms with Crippen molar-refractivity contribution >= 4 is 56.4 Å². The molecule has 0 unspecified atom stereocenters. The summed E-state index contributed by atoms with van der Waals surface area (Å²) in [5.41, 5.74) is 0.887. The van der Waals surface area contributed by atoms with Crippen LogP contribution in [0.15, 0.2) is 29.2 Å². The molecule has 0 atom stereocenters. The summed E-state index contributed by atoms with van der Waals surface area (Å²) in [6.07, 6.45) is -0.492. The van der Waals surface area contributed by atoms with E-state index in [2.05, 4.69) is 0 Å². The van der Waals surface area contributed by atoms with E-state index in [9.17, 15) is 46.8 Å². The van der Waals surface area contributed by atoms with Gasteiger partial charge in [-0.1, -0.05) is 17.7 Å². The van der Waals surface area contributed by atoms with Gasteiger partial charge >= 0.3 is 0 Å². The van der Waals surface area contributed by atoms with Crippen LogP contribution in [0.4, 0.5) is 0 Å². The number of carbonyl (C=O) groups excluding carboxylic acids is 8. The minimum atomic E-state index is -3.98. The first-order valence-electron chi connectivity index (χ1n) is 14.8. The maximum Gasteiger partial charge on any atom is 0.296 e. The second-order valence-electron chi connectivity index (χ2n) is 10.8. The smallest absolute Gasteiger partial charge is 0.296 e. The number of hydrogen-bond donors (Lipinski definition) is 0. The average molecular weight is 635 g/mol. The van der Waals surface area contributed by atoms with Crippen molar-refractivity contribution in [2.45, 2.75) is 115 Å². The molecule has 0 aliphatic carbocycles. The highest BCUT2D eigenvalue weighted by Gasteiger charge is 2.17. The molecule has 0 spiro atoms. The molecule has 0 saturated carbocycles. The van der Waals surface area contributed by atoms with Crippen molar-refractivity contribution in [3.8, 4) is 0 Å². The summed E-state index contributed by atoms with van der Waals surface area (Å²) in [5.74, 6) is -1.98. The Hall–Kier alpha value is -3.51. The van der Waals surface area contributed by atoms with E-state index < -0.39 is 10.1 Å². The molecule has 0 saturated heterocycles. The van der Waals surface area contributed by atoms with Gasteiger partial charge in [-0.3, -0.25) is 37.7 Å². The summed E-state index contributed by atoms with van der Waals surface area (Å²) in [6.45, 7) is 2.86. The Labute approximate surface area is 258 Å². The number of ketones is 8. The fourth-order valence-corrected chi connectivity index (χ4v) is 4.81. The molecule has 1 aromatic carbocycles. The fourth-order valence-electron chi connectivity index (χ4n) is 3.90. The van der Waals surface area contributed by atoms with Gasteiger partial charge in [-0.05, 0) is 26.0 Å². The molecule has 0 heterocycles. The van der Waals surface area contributed by atoms with Crippen molar-refractivity contribution in [1.82, 2.24) is 0 Å². The third kappa shape index (κ3) is 18.2. The predicted molar refractivity (Wildman–Crippen MR) is 159 cm³/mol. The van der Waals surface area contributed by atoms with Gasteiger partial charge < -0.3 is 4.79 Å². The number of benzene rings is 1. The molecular formula is C32H42O11S. The van der Waals surface area contributed by atoms with Gasteiger partial charge in [0, 0.05) is 96.3 Å². The highest BCUT2D eigenvalue weighted by atomic mass is 32.2. The average Bonchev–Trinajstić information content (AvgIpc) is 2.97. The summed E-state index contributed by atoms with van der Waals surface area (Å²) in [5, 5.41) is 0. The maximum atomic E-state index is 12.1. The van der Waals surface area contributed by atoms with E-state index in [1.54, 1.807) is 12.1 Å². The first-order chi connectivity index (χ1) is 20.7. The Balaban J connectivity index is 2.14. The lowest BCUT2D eigenvalue weighted by molar-refractivity contribution is -0.128. The van der Waals surface area contributed by atoms with Gasteiger partial charge in [0.15, 0.2) is 0 Å². The zero-order chi connectivity index (χ0) is 33.1. The van der Waals surface area contributed by atoms with Crippen LogP contribution in [-0.2, 0) is 52.7 Å². The van der Waals surface area contributed by atoms with Crippen LogP contribution in [0, 0.1) is 6.92 Å². The summed E-state index contributed by atoms with van der Waals surface area (Å²) < 4.78 is 29.2. The van der Waals surface area contributed by atoms with Crippen LogP contribution in [0.2, 0.25) is 0 Å². The van der Waals surface area contributed by atoms with Gasteiger partial charge in [0.05, 0.1) is 11.5 Å². The molecule has 11 nitrogen and oxygen atoms in total. The molecule has 0 bridgehead atoms. The van der Waals surface area contributed by atoms with Crippen LogP contribution >= 0.6 is 0 Å². The number of rotatable bonds is 26. The van der Waals surface area contributed by atoms with E-state index in [1.807, 2.05) is 6.92 Å². The Morgan fingerprint density at radius 2 is 0.750 bits per heavy atom. The molecule has 0 radical (unpaired) electrons. The molecule has 0 aromatic heterocycles.